The Kier molecular flexibility index (Phi) is 9.29. The molecular weight excluding hydrogens is 250 g/mol. The Labute approximate surface area is 123 Å². The van der Waals surface area contributed by atoms with Gasteiger partial charge in [-0.05, 0) is 30.0 Å². The summed E-state index contributed by atoms with van der Waals surface area (Å²) in [6.45, 7) is 11.3. The minimum Gasteiger partial charge on any atom is -0.379 e. The molecule has 0 aromatic heterocycles. The molecule has 0 saturated carbocycles. The summed E-state index contributed by atoms with van der Waals surface area (Å²) in [5, 5.41) is 3.43. The van der Waals surface area contributed by atoms with Gasteiger partial charge in [0, 0.05) is 13.2 Å². The van der Waals surface area contributed by atoms with E-state index in [1.807, 2.05) is 0 Å². The van der Waals surface area contributed by atoms with Gasteiger partial charge in [0.2, 0.25) is 0 Å². The average molecular weight is 279 g/mol. The first-order valence-electron chi connectivity index (χ1n) is 7.67. The highest BCUT2D eigenvalue weighted by Gasteiger charge is 2.01. The van der Waals surface area contributed by atoms with E-state index in [2.05, 4.69) is 50.4 Å². The normalized spacial score (nSPS) is 11.2. The monoisotopic (exact) mass is 279 g/mol. The van der Waals surface area contributed by atoms with E-state index in [4.69, 9.17) is 9.47 Å². The van der Waals surface area contributed by atoms with Gasteiger partial charge in [0.25, 0.3) is 0 Å². The average Bonchev–Trinajstić information content (AvgIpc) is 2.44. The lowest BCUT2D eigenvalue weighted by atomic mass is 10.1. The van der Waals surface area contributed by atoms with Gasteiger partial charge in [-0.1, -0.05) is 45.0 Å². The molecule has 0 radical (unpaired) electrons. The van der Waals surface area contributed by atoms with Gasteiger partial charge >= 0.3 is 0 Å². The molecule has 0 atom stereocenters. The molecular formula is C17H29NO2. The summed E-state index contributed by atoms with van der Waals surface area (Å²) in [4.78, 5) is 0. The number of nitrogens with one attached hydrogen (secondary N) is 1. The van der Waals surface area contributed by atoms with Crippen LogP contribution in [0.1, 0.15) is 38.3 Å². The first-order chi connectivity index (χ1) is 9.74. The van der Waals surface area contributed by atoms with Crippen molar-refractivity contribution in [3.8, 4) is 0 Å². The van der Waals surface area contributed by atoms with E-state index in [1.54, 1.807) is 0 Å². The van der Waals surface area contributed by atoms with E-state index >= 15 is 0 Å². The van der Waals surface area contributed by atoms with Gasteiger partial charge in [0.05, 0.1) is 19.8 Å². The third kappa shape index (κ3) is 7.63. The van der Waals surface area contributed by atoms with Crippen molar-refractivity contribution in [2.24, 2.45) is 5.92 Å². The van der Waals surface area contributed by atoms with Crippen LogP contribution in [-0.4, -0.2) is 26.4 Å². The van der Waals surface area contributed by atoms with E-state index < -0.39 is 0 Å². The van der Waals surface area contributed by atoms with Crippen LogP contribution in [0, 0.1) is 5.92 Å². The van der Waals surface area contributed by atoms with Crippen LogP contribution in [0.5, 0.6) is 0 Å². The van der Waals surface area contributed by atoms with E-state index in [1.165, 1.54) is 11.1 Å². The Morgan fingerprint density at radius 3 is 2.45 bits per heavy atom. The van der Waals surface area contributed by atoms with Crippen LogP contribution in [0.25, 0.3) is 0 Å². The first kappa shape index (κ1) is 17.2. The minimum absolute atomic E-state index is 0.584. The Balaban J connectivity index is 2.25. The Hall–Kier alpha value is -0.900. The fraction of sp³-hybridized carbons (Fsp3) is 0.647. The molecule has 0 aliphatic heterocycles. The Morgan fingerprint density at radius 1 is 1.05 bits per heavy atom. The number of benzene rings is 1. The van der Waals surface area contributed by atoms with Crippen molar-refractivity contribution in [3.05, 3.63) is 35.4 Å². The molecule has 1 aromatic carbocycles. The van der Waals surface area contributed by atoms with Gasteiger partial charge in [-0.15, -0.1) is 0 Å². The highest BCUT2D eigenvalue weighted by atomic mass is 16.5. The lowest BCUT2D eigenvalue weighted by Crippen LogP contribution is -2.15. The maximum absolute atomic E-state index is 5.70. The van der Waals surface area contributed by atoms with E-state index in [0.717, 1.165) is 26.1 Å². The third-order valence-corrected chi connectivity index (χ3v) is 2.94. The first-order valence-corrected chi connectivity index (χ1v) is 7.67. The summed E-state index contributed by atoms with van der Waals surface area (Å²) in [5.41, 5.74) is 2.59. The van der Waals surface area contributed by atoms with Crippen molar-refractivity contribution < 1.29 is 9.47 Å². The van der Waals surface area contributed by atoms with Crippen LogP contribution in [0.4, 0.5) is 0 Å². The van der Waals surface area contributed by atoms with Crippen molar-refractivity contribution >= 4 is 0 Å². The molecule has 0 heterocycles. The number of hydrogen-bond donors (Lipinski definition) is 1. The molecule has 0 fully saturated rings. The summed E-state index contributed by atoms with van der Waals surface area (Å²) >= 11 is 0. The largest absolute Gasteiger partial charge is 0.379 e. The number of ether oxygens (including phenoxy) is 2. The predicted octanol–water partition coefficient (Wildman–Crippen LogP) is 3.38. The van der Waals surface area contributed by atoms with Gasteiger partial charge in [-0.2, -0.15) is 0 Å². The summed E-state index contributed by atoms with van der Waals surface area (Å²) < 4.78 is 11.2. The van der Waals surface area contributed by atoms with Crippen LogP contribution >= 0.6 is 0 Å². The molecule has 114 valence electrons. The molecule has 3 nitrogen and oxygen atoms in total. The van der Waals surface area contributed by atoms with Crippen molar-refractivity contribution in [1.29, 1.82) is 0 Å². The number of rotatable bonds is 11. The van der Waals surface area contributed by atoms with E-state index in [9.17, 15) is 0 Å². The molecule has 0 spiro atoms. The zero-order chi connectivity index (χ0) is 14.6. The SMILES string of the molecule is CCCNCc1ccccc1COCCOCC(C)C. The van der Waals surface area contributed by atoms with E-state index in [0.29, 0.717) is 25.7 Å². The maximum Gasteiger partial charge on any atom is 0.0721 e. The van der Waals surface area contributed by atoms with Crippen molar-refractivity contribution in [2.45, 2.75) is 40.3 Å². The second kappa shape index (κ2) is 10.8. The molecule has 0 unspecified atom stereocenters. The van der Waals surface area contributed by atoms with Crippen LogP contribution in [0.15, 0.2) is 24.3 Å². The molecule has 0 aliphatic rings. The van der Waals surface area contributed by atoms with Crippen LogP contribution < -0.4 is 5.32 Å². The molecule has 0 aliphatic carbocycles. The zero-order valence-electron chi connectivity index (χ0n) is 13.2. The molecule has 1 aromatic rings. The second-order valence-electron chi connectivity index (χ2n) is 5.47. The summed E-state index contributed by atoms with van der Waals surface area (Å²) in [6, 6.07) is 8.45. The van der Waals surface area contributed by atoms with Gasteiger partial charge in [-0.25, -0.2) is 0 Å². The topological polar surface area (TPSA) is 30.5 Å². The standard InChI is InChI=1S/C17H29NO2/c1-4-9-18-12-16-7-5-6-8-17(16)14-20-11-10-19-13-15(2)3/h5-8,15,18H,4,9-14H2,1-3H3. The third-order valence-electron chi connectivity index (χ3n) is 2.94. The molecule has 3 heteroatoms. The smallest absolute Gasteiger partial charge is 0.0721 e. The van der Waals surface area contributed by atoms with Crippen LogP contribution in [0.2, 0.25) is 0 Å². The van der Waals surface area contributed by atoms with Crippen LogP contribution in [0.3, 0.4) is 0 Å². The van der Waals surface area contributed by atoms with Gasteiger partial charge in [-0.3, -0.25) is 0 Å². The zero-order valence-corrected chi connectivity index (χ0v) is 13.2. The predicted molar refractivity (Wildman–Crippen MR) is 83.8 cm³/mol. The van der Waals surface area contributed by atoms with Gasteiger partial charge in [0.15, 0.2) is 0 Å². The maximum atomic E-state index is 5.70. The Morgan fingerprint density at radius 2 is 1.75 bits per heavy atom. The molecule has 0 amide bonds. The molecule has 1 rings (SSSR count). The summed E-state index contributed by atoms with van der Waals surface area (Å²) in [7, 11) is 0. The lowest BCUT2D eigenvalue weighted by Gasteiger charge is -2.11. The molecule has 0 saturated heterocycles. The van der Waals surface area contributed by atoms with Crippen molar-refractivity contribution in [2.75, 3.05) is 26.4 Å². The molecule has 1 N–H and O–H groups in total. The van der Waals surface area contributed by atoms with Gasteiger partial charge < -0.3 is 14.8 Å². The highest BCUT2D eigenvalue weighted by molar-refractivity contribution is 5.26. The molecule has 20 heavy (non-hydrogen) atoms. The highest BCUT2D eigenvalue weighted by Crippen LogP contribution is 2.10. The van der Waals surface area contributed by atoms with Crippen LogP contribution in [-0.2, 0) is 22.6 Å². The van der Waals surface area contributed by atoms with Crippen molar-refractivity contribution in [1.82, 2.24) is 5.32 Å². The van der Waals surface area contributed by atoms with E-state index in [-0.39, 0.29) is 0 Å². The number of hydrogen-bond acceptors (Lipinski definition) is 3. The van der Waals surface area contributed by atoms with Crippen molar-refractivity contribution in [3.63, 3.8) is 0 Å². The minimum atomic E-state index is 0.584. The second-order valence-corrected chi connectivity index (χ2v) is 5.47. The van der Waals surface area contributed by atoms with Gasteiger partial charge in [0.1, 0.15) is 0 Å². The quantitative estimate of drug-likeness (QED) is 0.630. The fourth-order valence-electron chi connectivity index (χ4n) is 1.89. The summed E-state index contributed by atoms with van der Waals surface area (Å²) in [6.07, 6.45) is 1.16. The summed E-state index contributed by atoms with van der Waals surface area (Å²) in [5.74, 6) is 0.584. The molecule has 0 bridgehead atoms. The lowest BCUT2D eigenvalue weighted by molar-refractivity contribution is 0.0312. The Bertz CT molecular complexity index is 353. The fourth-order valence-corrected chi connectivity index (χ4v) is 1.89.